The predicted octanol–water partition coefficient (Wildman–Crippen LogP) is 3.20. The largest absolute Gasteiger partial charge is 0.492 e. The smallest absolute Gasteiger partial charge is 0.254 e. The van der Waals surface area contributed by atoms with Crippen LogP contribution in [0.1, 0.15) is 43.5 Å². The van der Waals surface area contributed by atoms with E-state index in [0.29, 0.717) is 18.7 Å². The quantitative estimate of drug-likeness (QED) is 0.720. The van der Waals surface area contributed by atoms with E-state index < -0.39 is 0 Å². The Labute approximate surface area is 170 Å². The summed E-state index contributed by atoms with van der Waals surface area (Å²) >= 11 is 0. The van der Waals surface area contributed by atoms with Gasteiger partial charge in [0.1, 0.15) is 12.4 Å². The normalized spacial score (nSPS) is 16.6. The molecule has 2 N–H and O–H groups in total. The Morgan fingerprint density at radius 3 is 2.42 bits per heavy atom. The van der Waals surface area contributed by atoms with Gasteiger partial charge >= 0.3 is 0 Å². The first kappa shape index (κ1) is 25.0. The van der Waals surface area contributed by atoms with Crippen LogP contribution in [-0.4, -0.2) is 61.1 Å². The molecule has 1 aliphatic heterocycles. The fraction of sp³-hybridized carbons (Fsp3) is 0.632. The lowest BCUT2D eigenvalue weighted by atomic mass is 10.0. The van der Waals surface area contributed by atoms with Gasteiger partial charge in [-0.1, -0.05) is 13.8 Å². The predicted molar refractivity (Wildman–Crippen MR) is 112 cm³/mol. The Morgan fingerprint density at radius 2 is 1.85 bits per heavy atom. The third-order valence-electron chi connectivity index (χ3n) is 4.83. The number of amides is 1. The van der Waals surface area contributed by atoms with Crippen molar-refractivity contribution in [1.29, 1.82) is 0 Å². The van der Waals surface area contributed by atoms with E-state index in [0.717, 1.165) is 51.2 Å². The number of benzene rings is 1. The third-order valence-corrected chi connectivity index (χ3v) is 4.83. The van der Waals surface area contributed by atoms with E-state index in [9.17, 15) is 4.79 Å². The molecule has 0 spiro atoms. The number of nitrogens with two attached hydrogens (primary N) is 1. The molecule has 1 atom stereocenters. The SMILES string of the molecule is CCN(CC)CCOc1ccc(C(=O)N2CCCCC2CN)cc1.Cl.Cl. The van der Waals surface area contributed by atoms with Crippen molar-refractivity contribution in [3.05, 3.63) is 29.8 Å². The minimum absolute atomic E-state index is 0. The zero-order valence-electron chi connectivity index (χ0n) is 15.9. The average molecular weight is 406 g/mol. The number of rotatable bonds is 8. The van der Waals surface area contributed by atoms with Gasteiger partial charge in [0.2, 0.25) is 0 Å². The molecule has 7 heteroatoms. The molecule has 150 valence electrons. The topological polar surface area (TPSA) is 58.8 Å². The standard InChI is InChI=1S/C19H31N3O2.2ClH/c1-3-21(4-2)13-14-24-18-10-8-16(9-11-18)19(23)22-12-6-5-7-17(22)15-20;;/h8-11,17H,3-7,12-15,20H2,1-2H3;2*1H. The maximum Gasteiger partial charge on any atom is 0.254 e. The van der Waals surface area contributed by atoms with Crippen LogP contribution < -0.4 is 10.5 Å². The number of likely N-dealkylation sites (tertiary alicyclic amines) is 1. The van der Waals surface area contributed by atoms with E-state index in [2.05, 4.69) is 18.7 Å². The van der Waals surface area contributed by atoms with Crippen molar-refractivity contribution in [3.63, 3.8) is 0 Å². The highest BCUT2D eigenvalue weighted by Gasteiger charge is 2.26. The highest BCUT2D eigenvalue weighted by Crippen LogP contribution is 2.20. The van der Waals surface area contributed by atoms with E-state index in [-0.39, 0.29) is 36.8 Å². The molecule has 1 aliphatic rings. The number of hydrogen-bond donors (Lipinski definition) is 1. The summed E-state index contributed by atoms with van der Waals surface area (Å²) in [6, 6.07) is 7.67. The number of carbonyl (C=O) groups is 1. The second kappa shape index (κ2) is 13.2. The molecule has 1 fully saturated rings. The molecule has 1 heterocycles. The van der Waals surface area contributed by atoms with Crippen molar-refractivity contribution in [2.75, 3.05) is 39.3 Å². The number of hydrogen-bond acceptors (Lipinski definition) is 4. The van der Waals surface area contributed by atoms with Crippen LogP contribution in [0.3, 0.4) is 0 Å². The van der Waals surface area contributed by atoms with Crippen molar-refractivity contribution < 1.29 is 9.53 Å². The zero-order valence-corrected chi connectivity index (χ0v) is 17.5. The first-order valence-electron chi connectivity index (χ1n) is 9.15. The molecule has 26 heavy (non-hydrogen) atoms. The van der Waals surface area contributed by atoms with Crippen molar-refractivity contribution in [2.24, 2.45) is 5.73 Å². The number of nitrogens with zero attached hydrogens (tertiary/aromatic N) is 2. The molecule has 0 bridgehead atoms. The highest BCUT2D eigenvalue weighted by molar-refractivity contribution is 5.94. The van der Waals surface area contributed by atoms with Gasteiger partial charge in [0.25, 0.3) is 5.91 Å². The van der Waals surface area contributed by atoms with E-state index in [1.165, 1.54) is 0 Å². The van der Waals surface area contributed by atoms with Crippen LogP contribution in [0.5, 0.6) is 5.75 Å². The number of carbonyl (C=O) groups excluding carboxylic acids is 1. The summed E-state index contributed by atoms with van der Waals surface area (Å²) in [5, 5.41) is 0. The molecule has 0 aliphatic carbocycles. The van der Waals surface area contributed by atoms with Gasteiger partial charge in [-0.2, -0.15) is 0 Å². The summed E-state index contributed by atoms with van der Waals surface area (Å²) in [7, 11) is 0. The molecule has 0 saturated carbocycles. The van der Waals surface area contributed by atoms with Gasteiger partial charge < -0.3 is 20.3 Å². The number of ether oxygens (including phenoxy) is 1. The Hall–Kier alpha value is -1.01. The zero-order chi connectivity index (χ0) is 17.4. The van der Waals surface area contributed by atoms with Gasteiger partial charge in [0, 0.05) is 31.2 Å². The Bertz CT molecular complexity index is 510. The Kier molecular flexibility index (Phi) is 12.7. The van der Waals surface area contributed by atoms with Crippen LogP contribution in [0, 0.1) is 0 Å². The van der Waals surface area contributed by atoms with Crippen molar-refractivity contribution >= 4 is 30.7 Å². The monoisotopic (exact) mass is 405 g/mol. The summed E-state index contributed by atoms with van der Waals surface area (Å²) in [6.07, 6.45) is 3.23. The maximum atomic E-state index is 12.7. The van der Waals surface area contributed by atoms with Crippen molar-refractivity contribution in [3.8, 4) is 5.75 Å². The Balaban J connectivity index is 0.00000312. The lowest BCUT2D eigenvalue weighted by molar-refractivity contribution is 0.0623. The molecule has 5 nitrogen and oxygen atoms in total. The van der Waals surface area contributed by atoms with Crippen LogP contribution in [0.25, 0.3) is 0 Å². The van der Waals surface area contributed by atoms with E-state index >= 15 is 0 Å². The van der Waals surface area contributed by atoms with Crippen LogP contribution >= 0.6 is 24.8 Å². The summed E-state index contributed by atoms with van der Waals surface area (Å²) in [4.78, 5) is 16.9. The molecule has 0 aromatic heterocycles. The van der Waals surface area contributed by atoms with Crippen molar-refractivity contribution in [2.45, 2.75) is 39.2 Å². The van der Waals surface area contributed by atoms with Gasteiger partial charge in [-0.15, -0.1) is 24.8 Å². The molecule has 1 aromatic rings. The average Bonchev–Trinajstić information content (AvgIpc) is 2.65. The van der Waals surface area contributed by atoms with Crippen LogP contribution in [0.4, 0.5) is 0 Å². The molecular weight excluding hydrogens is 373 g/mol. The number of piperidine rings is 1. The first-order valence-corrected chi connectivity index (χ1v) is 9.15. The van der Waals surface area contributed by atoms with Crippen LogP contribution in [-0.2, 0) is 0 Å². The fourth-order valence-electron chi connectivity index (χ4n) is 3.20. The Morgan fingerprint density at radius 1 is 1.19 bits per heavy atom. The van der Waals surface area contributed by atoms with Gasteiger partial charge in [-0.25, -0.2) is 0 Å². The molecule has 0 radical (unpaired) electrons. The second-order valence-corrected chi connectivity index (χ2v) is 6.28. The third kappa shape index (κ3) is 6.95. The minimum atomic E-state index is 0. The summed E-state index contributed by atoms with van der Waals surface area (Å²) in [5.41, 5.74) is 6.53. The lowest BCUT2D eigenvalue weighted by Crippen LogP contribution is -2.47. The lowest BCUT2D eigenvalue weighted by Gasteiger charge is -2.35. The summed E-state index contributed by atoms with van der Waals surface area (Å²) in [6.45, 7) is 9.30. The molecule has 1 amide bonds. The second-order valence-electron chi connectivity index (χ2n) is 6.28. The van der Waals surface area contributed by atoms with Crippen molar-refractivity contribution in [1.82, 2.24) is 9.80 Å². The van der Waals surface area contributed by atoms with Crippen LogP contribution in [0.15, 0.2) is 24.3 Å². The number of likely N-dealkylation sites (N-methyl/N-ethyl adjacent to an activating group) is 1. The van der Waals surface area contributed by atoms with Gasteiger partial charge in [0.15, 0.2) is 0 Å². The first-order chi connectivity index (χ1) is 11.7. The van der Waals surface area contributed by atoms with Gasteiger partial charge in [-0.3, -0.25) is 4.79 Å². The molecule has 1 aromatic carbocycles. The van der Waals surface area contributed by atoms with E-state index in [1.54, 1.807) is 0 Å². The van der Waals surface area contributed by atoms with E-state index in [4.69, 9.17) is 10.5 Å². The molecule has 1 unspecified atom stereocenters. The molecule has 2 rings (SSSR count). The summed E-state index contributed by atoms with van der Waals surface area (Å²) in [5.74, 6) is 0.896. The maximum absolute atomic E-state index is 12.7. The fourth-order valence-corrected chi connectivity index (χ4v) is 3.20. The number of halogens is 2. The van der Waals surface area contributed by atoms with E-state index in [1.807, 2.05) is 29.2 Å². The van der Waals surface area contributed by atoms with Gasteiger partial charge in [-0.05, 0) is 56.6 Å². The molecular formula is C19H33Cl2N3O2. The van der Waals surface area contributed by atoms with Crippen LogP contribution in [0.2, 0.25) is 0 Å². The minimum Gasteiger partial charge on any atom is -0.492 e. The molecule has 1 saturated heterocycles. The highest BCUT2D eigenvalue weighted by atomic mass is 35.5. The summed E-state index contributed by atoms with van der Waals surface area (Å²) < 4.78 is 5.78. The van der Waals surface area contributed by atoms with Gasteiger partial charge in [0.05, 0.1) is 0 Å².